The number of thioether (sulfide) groups is 1. The van der Waals surface area contributed by atoms with Crippen LogP contribution in [0.1, 0.15) is 5.69 Å². The first-order valence-corrected chi connectivity index (χ1v) is 11.2. The lowest BCUT2D eigenvalue weighted by Crippen LogP contribution is -2.00. The van der Waals surface area contributed by atoms with Crippen molar-refractivity contribution in [1.82, 2.24) is 29.1 Å². The van der Waals surface area contributed by atoms with Crippen molar-refractivity contribution in [2.45, 2.75) is 10.9 Å². The Morgan fingerprint density at radius 3 is 2.69 bits per heavy atom. The number of halogens is 2. The number of imidazole rings is 1. The van der Waals surface area contributed by atoms with Gasteiger partial charge in [0, 0.05) is 41.5 Å². The SMILES string of the molecule is Clc1ccc(-n2c(SCc3cn4ccsc4n3)nnc2-c2ccncc2)cc1Cl. The van der Waals surface area contributed by atoms with E-state index >= 15 is 0 Å². The minimum Gasteiger partial charge on any atom is -0.297 e. The summed E-state index contributed by atoms with van der Waals surface area (Å²) in [7, 11) is 0. The van der Waals surface area contributed by atoms with E-state index in [1.807, 2.05) is 51.0 Å². The minimum absolute atomic E-state index is 0.476. The van der Waals surface area contributed by atoms with Gasteiger partial charge in [0.1, 0.15) is 0 Å². The predicted molar refractivity (Wildman–Crippen MR) is 117 cm³/mol. The van der Waals surface area contributed by atoms with E-state index in [1.54, 1.807) is 41.6 Å². The number of hydrogen-bond donors (Lipinski definition) is 0. The monoisotopic (exact) mass is 458 g/mol. The summed E-state index contributed by atoms with van der Waals surface area (Å²) in [6.45, 7) is 0. The molecule has 0 N–H and O–H groups in total. The van der Waals surface area contributed by atoms with Crippen LogP contribution in [0.3, 0.4) is 0 Å². The van der Waals surface area contributed by atoms with Crippen molar-refractivity contribution >= 4 is 51.3 Å². The molecule has 6 nitrogen and oxygen atoms in total. The molecule has 0 spiro atoms. The predicted octanol–water partition coefficient (Wildman–Crippen LogP) is 5.64. The summed E-state index contributed by atoms with van der Waals surface area (Å²) >= 11 is 15.6. The van der Waals surface area contributed by atoms with Crippen LogP contribution in [-0.2, 0) is 5.75 Å². The third-order valence-electron chi connectivity index (χ3n) is 4.23. The third kappa shape index (κ3) is 3.64. The minimum atomic E-state index is 0.476. The molecule has 0 saturated carbocycles. The van der Waals surface area contributed by atoms with Crippen molar-refractivity contribution in [2.75, 3.05) is 0 Å². The number of pyridine rings is 1. The summed E-state index contributed by atoms with van der Waals surface area (Å²) in [6.07, 6.45) is 7.49. The Hall–Kier alpha value is -2.39. The van der Waals surface area contributed by atoms with Crippen LogP contribution in [-0.4, -0.2) is 29.1 Å². The van der Waals surface area contributed by atoms with Gasteiger partial charge in [-0.3, -0.25) is 14.0 Å². The lowest BCUT2D eigenvalue weighted by Gasteiger charge is -2.11. The van der Waals surface area contributed by atoms with E-state index in [0.29, 0.717) is 21.6 Å². The summed E-state index contributed by atoms with van der Waals surface area (Å²) in [5, 5.41) is 12.6. The van der Waals surface area contributed by atoms with Crippen molar-refractivity contribution in [3.63, 3.8) is 0 Å². The van der Waals surface area contributed by atoms with Crippen LogP contribution in [0.4, 0.5) is 0 Å². The topological polar surface area (TPSA) is 60.9 Å². The molecule has 0 aliphatic carbocycles. The highest BCUT2D eigenvalue weighted by atomic mass is 35.5. The molecule has 0 bridgehead atoms. The zero-order chi connectivity index (χ0) is 19.8. The Balaban J connectivity index is 1.54. The van der Waals surface area contributed by atoms with Gasteiger partial charge >= 0.3 is 0 Å². The highest BCUT2D eigenvalue weighted by molar-refractivity contribution is 7.98. The smallest absolute Gasteiger partial charge is 0.196 e. The fourth-order valence-corrected chi connectivity index (χ4v) is 4.74. The average molecular weight is 459 g/mol. The maximum Gasteiger partial charge on any atom is 0.196 e. The van der Waals surface area contributed by atoms with Crippen LogP contribution in [0, 0.1) is 0 Å². The number of aromatic nitrogens is 6. The molecule has 4 heterocycles. The van der Waals surface area contributed by atoms with Crippen LogP contribution < -0.4 is 0 Å². The summed E-state index contributed by atoms with van der Waals surface area (Å²) in [5.74, 6) is 1.38. The largest absolute Gasteiger partial charge is 0.297 e. The number of nitrogens with zero attached hydrogens (tertiary/aromatic N) is 6. The third-order valence-corrected chi connectivity index (χ3v) is 6.70. The summed E-state index contributed by atoms with van der Waals surface area (Å²) in [4.78, 5) is 9.70. The standard InChI is InChI=1S/C19H12Cl2N6S2/c20-15-2-1-14(9-16(15)21)27-17(12-3-5-22-6-4-12)24-25-19(27)29-11-13-10-26-7-8-28-18(26)23-13/h1-10H,11H2. The van der Waals surface area contributed by atoms with Gasteiger partial charge in [-0.1, -0.05) is 35.0 Å². The van der Waals surface area contributed by atoms with Crippen LogP contribution in [0.15, 0.2) is 65.7 Å². The molecular formula is C19H12Cl2N6S2. The normalized spacial score (nSPS) is 11.4. The van der Waals surface area contributed by atoms with Crippen LogP contribution in [0.25, 0.3) is 22.0 Å². The van der Waals surface area contributed by atoms with Crippen molar-refractivity contribution in [3.8, 4) is 17.1 Å². The first-order chi connectivity index (χ1) is 14.2. The van der Waals surface area contributed by atoms with E-state index in [9.17, 15) is 0 Å². The Bertz CT molecular complexity index is 1270. The number of rotatable bonds is 5. The van der Waals surface area contributed by atoms with Gasteiger partial charge in [0.25, 0.3) is 0 Å². The Kier molecular flexibility index (Phi) is 5.01. The van der Waals surface area contributed by atoms with Gasteiger partial charge < -0.3 is 0 Å². The molecule has 1 aromatic carbocycles. The molecule has 5 aromatic rings. The lowest BCUT2D eigenvalue weighted by molar-refractivity contribution is 0.885. The molecule has 10 heteroatoms. The average Bonchev–Trinajstić information content (AvgIpc) is 3.43. The van der Waals surface area contributed by atoms with Crippen LogP contribution in [0.2, 0.25) is 10.0 Å². The molecule has 0 amide bonds. The number of thiazole rings is 1. The fraction of sp³-hybridized carbons (Fsp3) is 0.0526. The second-order valence-electron chi connectivity index (χ2n) is 6.09. The first kappa shape index (κ1) is 18.6. The zero-order valence-electron chi connectivity index (χ0n) is 14.7. The molecule has 0 saturated heterocycles. The second-order valence-corrected chi connectivity index (χ2v) is 8.72. The Morgan fingerprint density at radius 2 is 1.90 bits per heavy atom. The summed E-state index contributed by atoms with van der Waals surface area (Å²) in [6, 6.07) is 9.28. The van der Waals surface area contributed by atoms with E-state index in [0.717, 1.165) is 27.1 Å². The molecule has 0 radical (unpaired) electrons. The van der Waals surface area contributed by atoms with Gasteiger partial charge in [-0.2, -0.15) is 0 Å². The van der Waals surface area contributed by atoms with Gasteiger partial charge in [0.05, 0.1) is 21.4 Å². The quantitative estimate of drug-likeness (QED) is 0.319. The Labute approximate surface area is 184 Å². The van der Waals surface area contributed by atoms with Gasteiger partial charge in [0.2, 0.25) is 0 Å². The van der Waals surface area contributed by atoms with Crippen LogP contribution >= 0.6 is 46.3 Å². The number of hydrogen-bond acceptors (Lipinski definition) is 6. The Morgan fingerprint density at radius 1 is 1.03 bits per heavy atom. The molecule has 4 aromatic heterocycles. The van der Waals surface area contributed by atoms with Gasteiger partial charge in [-0.05, 0) is 30.3 Å². The van der Waals surface area contributed by atoms with E-state index in [1.165, 1.54) is 0 Å². The molecule has 0 unspecified atom stereocenters. The molecule has 144 valence electrons. The van der Waals surface area contributed by atoms with Crippen molar-refractivity contribution in [1.29, 1.82) is 0 Å². The highest BCUT2D eigenvalue weighted by Gasteiger charge is 2.17. The molecule has 0 fully saturated rings. The molecular weight excluding hydrogens is 447 g/mol. The summed E-state index contributed by atoms with van der Waals surface area (Å²) in [5.41, 5.74) is 2.73. The maximum absolute atomic E-state index is 6.27. The van der Waals surface area contributed by atoms with Crippen molar-refractivity contribution in [2.24, 2.45) is 0 Å². The molecule has 0 atom stereocenters. The van der Waals surface area contributed by atoms with Gasteiger partial charge in [-0.15, -0.1) is 21.5 Å². The van der Waals surface area contributed by atoms with Crippen molar-refractivity contribution in [3.05, 3.63) is 76.2 Å². The molecule has 0 aliphatic rings. The number of fused-ring (bicyclic) bond motifs is 1. The van der Waals surface area contributed by atoms with E-state index < -0.39 is 0 Å². The first-order valence-electron chi connectivity index (χ1n) is 8.54. The molecule has 5 rings (SSSR count). The van der Waals surface area contributed by atoms with Gasteiger partial charge in [0.15, 0.2) is 15.9 Å². The fourth-order valence-electron chi connectivity index (χ4n) is 2.89. The zero-order valence-corrected chi connectivity index (χ0v) is 17.9. The molecule has 0 aliphatic heterocycles. The number of benzene rings is 1. The van der Waals surface area contributed by atoms with Crippen LogP contribution in [0.5, 0.6) is 0 Å². The maximum atomic E-state index is 6.27. The summed E-state index contributed by atoms with van der Waals surface area (Å²) < 4.78 is 3.99. The van der Waals surface area contributed by atoms with Crippen molar-refractivity contribution < 1.29 is 0 Å². The highest BCUT2D eigenvalue weighted by Crippen LogP contribution is 2.32. The second kappa shape index (κ2) is 7.79. The van der Waals surface area contributed by atoms with Gasteiger partial charge in [-0.25, -0.2) is 4.98 Å². The lowest BCUT2D eigenvalue weighted by atomic mass is 10.2. The van der Waals surface area contributed by atoms with E-state index in [-0.39, 0.29) is 0 Å². The molecule has 29 heavy (non-hydrogen) atoms. The van der Waals surface area contributed by atoms with E-state index in [4.69, 9.17) is 23.2 Å². The van der Waals surface area contributed by atoms with E-state index in [2.05, 4.69) is 20.2 Å².